The fourth-order valence-electron chi connectivity index (χ4n) is 8.69. The van der Waals surface area contributed by atoms with Crippen molar-refractivity contribution in [3.8, 4) is 11.1 Å². The Bertz CT molecular complexity index is 2780. The first-order valence-electron chi connectivity index (χ1n) is 18.5. The summed E-state index contributed by atoms with van der Waals surface area (Å²) in [7, 11) is 0. The van der Waals surface area contributed by atoms with Gasteiger partial charge in [0.15, 0.2) is 0 Å². The molecule has 52 heavy (non-hydrogen) atoms. The molecule has 0 spiro atoms. The molecule has 0 unspecified atom stereocenters. The minimum Gasteiger partial charge on any atom is -0.135 e. The average Bonchev–Trinajstić information content (AvgIpc) is 3.68. The van der Waals surface area contributed by atoms with Gasteiger partial charge >= 0.3 is 0 Å². The van der Waals surface area contributed by atoms with Gasteiger partial charge in [0.25, 0.3) is 0 Å². The summed E-state index contributed by atoms with van der Waals surface area (Å²) in [5.41, 5.74) is 12.4. The third-order valence-corrected chi connectivity index (χ3v) is 12.5. The van der Waals surface area contributed by atoms with Crippen LogP contribution in [0.25, 0.3) is 53.2 Å². The quantitative estimate of drug-likeness (QED) is 0.158. The largest absolute Gasteiger partial charge is 0.135 e. The van der Waals surface area contributed by atoms with Crippen LogP contribution in [-0.2, 0) is 5.41 Å². The van der Waals surface area contributed by atoms with E-state index in [1.54, 1.807) is 0 Å². The van der Waals surface area contributed by atoms with Crippen LogP contribution in [0.4, 0.5) is 0 Å². The molecule has 0 radical (unpaired) electrons. The van der Waals surface area contributed by atoms with Crippen molar-refractivity contribution in [1.82, 2.24) is 0 Å². The summed E-state index contributed by atoms with van der Waals surface area (Å²) in [4.78, 5) is 0. The lowest BCUT2D eigenvalue weighted by Gasteiger charge is -2.26. The zero-order valence-corrected chi connectivity index (χ0v) is 30.8. The van der Waals surface area contributed by atoms with Crippen LogP contribution in [0.5, 0.6) is 0 Å². The van der Waals surface area contributed by atoms with Crippen LogP contribution in [0.2, 0.25) is 0 Å². The second-order valence-corrected chi connectivity index (χ2v) is 15.8. The second-order valence-electron chi connectivity index (χ2n) is 14.8. The lowest BCUT2D eigenvalue weighted by Crippen LogP contribution is -2.30. The molecule has 0 aliphatic heterocycles. The summed E-state index contributed by atoms with van der Waals surface area (Å²) in [5.74, 6) is 0. The molecule has 0 saturated carbocycles. The van der Waals surface area contributed by atoms with Gasteiger partial charge in [-0.05, 0) is 109 Å². The number of thiophene rings is 1. The van der Waals surface area contributed by atoms with Crippen molar-refractivity contribution < 1.29 is 0 Å². The molecule has 5 aromatic carbocycles. The van der Waals surface area contributed by atoms with Crippen LogP contribution >= 0.6 is 11.3 Å². The Morgan fingerprint density at radius 2 is 1.40 bits per heavy atom. The molecule has 1 aromatic heterocycles. The van der Waals surface area contributed by atoms with Gasteiger partial charge < -0.3 is 0 Å². The van der Waals surface area contributed by atoms with E-state index in [0.717, 1.165) is 42.4 Å². The van der Waals surface area contributed by atoms with Crippen molar-refractivity contribution in [3.05, 3.63) is 203 Å². The average molecular weight is 687 g/mol. The van der Waals surface area contributed by atoms with Gasteiger partial charge in [-0.3, -0.25) is 0 Å². The third-order valence-electron chi connectivity index (χ3n) is 11.3. The van der Waals surface area contributed by atoms with E-state index in [0.29, 0.717) is 0 Å². The van der Waals surface area contributed by atoms with E-state index in [1.807, 2.05) is 11.3 Å². The van der Waals surface area contributed by atoms with Gasteiger partial charge in [-0.1, -0.05) is 161 Å². The van der Waals surface area contributed by atoms with E-state index < -0.39 is 0 Å². The van der Waals surface area contributed by atoms with Crippen LogP contribution < -0.4 is 10.4 Å². The molecule has 0 N–H and O–H groups in total. The topological polar surface area (TPSA) is 0 Å². The van der Waals surface area contributed by atoms with E-state index in [1.165, 1.54) is 80.3 Å². The highest BCUT2D eigenvalue weighted by molar-refractivity contribution is 7.26. The molecule has 0 fully saturated rings. The maximum absolute atomic E-state index is 4.65. The highest BCUT2D eigenvalue weighted by Crippen LogP contribution is 2.55. The Morgan fingerprint density at radius 3 is 2.25 bits per heavy atom. The lowest BCUT2D eigenvalue weighted by atomic mass is 9.77. The molecule has 0 saturated heterocycles. The Morgan fingerprint density at radius 1 is 0.673 bits per heavy atom. The second kappa shape index (κ2) is 12.9. The summed E-state index contributed by atoms with van der Waals surface area (Å²) in [5, 5.41) is 7.76. The zero-order chi connectivity index (χ0) is 35.4. The number of rotatable bonds is 5. The fourth-order valence-corrected chi connectivity index (χ4v) is 9.91. The van der Waals surface area contributed by atoms with Gasteiger partial charge in [-0.15, -0.1) is 11.3 Å². The van der Waals surface area contributed by atoms with E-state index in [2.05, 4.69) is 173 Å². The van der Waals surface area contributed by atoms with Crippen molar-refractivity contribution in [2.24, 2.45) is 0 Å². The normalized spacial score (nSPS) is 18.0. The number of fused-ring (bicyclic) bond motifs is 10. The predicted molar refractivity (Wildman–Crippen MR) is 227 cm³/mol. The van der Waals surface area contributed by atoms with E-state index in [-0.39, 0.29) is 5.41 Å². The monoisotopic (exact) mass is 686 g/mol. The third kappa shape index (κ3) is 5.26. The van der Waals surface area contributed by atoms with E-state index in [9.17, 15) is 0 Å². The first-order chi connectivity index (χ1) is 25.4. The molecule has 0 bridgehead atoms. The number of benzene rings is 5. The molecular weight excluding hydrogens is 645 g/mol. The Labute approximate surface area is 310 Å². The van der Waals surface area contributed by atoms with Crippen molar-refractivity contribution in [3.63, 3.8) is 0 Å². The highest BCUT2D eigenvalue weighted by Gasteiger charge is 2.39. The summed E-state index contributed by atoms with van der Waals surface area (Å²) in [6.07, 6.45) is 24.2. The van der Waals surface area contributed by atoms with Crippen LogP contribution in [0.15, 0.2) is 176 Å². The molecule has 3 aliphatic carbocycles. The fraction of sp³-hybridized carbons (Fsp3) is 0.137. The minimum absolute atomic E-state index is 0.183. The summed E-state index contributed by atoms with van der Waals surface area (Å²) in [6.45, 7) is 13.9. The van der Waals surface area contributed by atoms with E-state index >= 15 is 0 Å². The first-order valence-corrected chi connectivity index (χ1v) is 19.3. The van der Waals surface area contributed by atoms with Gasteiger partial charge in [0.1, 0.15) is 0 Å². The molecule has 0 atom stereocenters. The minimum atomic E-state index is -0.183. The van der Waals surface area contributed by atoms with Crippen LogP contribution in [0.3, 0.4) is 0 Å². The summed E-state index contributed by atoms with van der Waals surface area (Å²) < 4.78 is 2.70. The van der Waals surface area contributed by atoms with Crippen molar-refractivity contribution in [2.75, 3.05) is 0 Å². The SMILES string of the molecule is C=C(/C=C\C(=C)C1=c2cccc/c2=C(c2cc3c(ccc4c5ccccc5sc34)c3c2C(C)(C)c2ccccc2-3)/C=C/CCC=C1)C1=CC=CCC1. The zero-order valence-electron chi connectivity index (χ0n) is 30.0. The molecule has 1 heterocycles. The molecule has 0 amide bonds. The van der Waals surface area contributed by atoms with Gasteiger partial charge in [0.2, 0.25) is 0 Å². The maximum Gasteiger partial charge on any atom is 0.0434 e. The number of allylic oxidation sites excluding steroid dienone is 12. The van der Waals surface area contributed by atoms with Gasteiger partial charge in [-0.2, -0.15) is 0 Å². The lowest BCUT2D eigenvalue weighted by molar-refractivity contribution is 0.659. The number of hydrogen-bond acceptors (Lipinski definition) is 1. The standard InChI is InChI=1S/C51H42S/c1-33(35-18-8-7-9-19-35)28-29-34(2)36-20-10-5-6-11-21-39(38-23-13-12-22-37(36)38)44-32-45-41(30-31-42-40-24-15-17-27-47(40)52-50(42)45)48-43-25-14-16-26-46(43)51(3,4)49(44)48/h7-8,10-18,20-32H,1-2,5-6,9,19H2,3-4H3/b20-10?,21-11+,29-28-,37-36?,39-38+. The molecule has 0 nitrogen and oxygen atoms in total. The van der Waals surface area contributed by atoms with Gasteiger partial charge in [0, 0.05) is 31.0 Å². The van der Waals surface area contributed by atoms with Crippen molar-refractivity contribution in [2.45, 2.75) is 44.9 Å². The van der Waals surface area contributed by atoms with Crippen molar-refractivity contribution >= 4 is 53.4 Å². The number of hydrogen-bond donors (Lipinski definition) is 0. The van der Waals surface area contributed by atoms with Crippen molar-refractivity contribution in [1.29, 1.82) is 0 Å². The van der Waals surface area contributed by atoms with Crippen LogP contribution in [0.1, 0.15) is 56.2 Å². The molecule has 6 aromatic rings. The molecule has 252 valence electrons. The molecule has 9 rings (SSSR count). The van der Waals surface area contributed by atoms with Gasteiger partial charge in [0.05, 0.1) is 0 Å². The predicted octanol–water partition coefficient (Wildman–Crippen LogP) is 12.7. The molecular formula is C51H42S. The Balaban J connectivity index is 1.37. The Hall–Kier alpha value is -5.50. The molecule has 1 heteroatoms. The molecule has 3 aliphatic rings. The van der Waals surface area contributed by atoms with Gasteiger partial charge in [-0.25, -0.2) is 0 Å². The van der Waals surface area contributed by atoms with Crippen LogP contribution in [-0.4, -0.2) is 0 Å². The first kappa shape index (κ1) is 32.4. The van der Waals surface area contributed by atoms with E-state index in [4.69, 9.17) is 0 Å². The highest BCUT2D eigenvalue weighted by atomic mass is 32.1. The maximum atomic E-state index is 4.65. The smallest absolute Gasteiger partial charge is 0.0434 e. The summed E-state index contributed by atoms with van der Waals surface area (Å²) in [6, 6.07) is 34.2. The van der Waals surface area contributed by atoms with Crippen LogP contribution in [0, 0.1) is 0 Å². The Kier molecular flexibility index (Phi) is 8.05. The summed E-state index contributed by atoms with van der Waals surface area (Å²) >= 11 is 1.92.